The Hall–Kier alpha value is -2.95. The van der Waals surface area contributed by atoms with Crippen LogP contribution in [-0.2, 0) is 6.61 Å². The molecule has 3 aromatic rings. The van der Waals surface area contributed by atoms with Crippen LogP contribution < -0.4 is 4.74 Å². The van der Waals surface area contributed by atoms with E-state index in [9.17, 15) is 10.1 Å². The van der Waals surface area contributed by atoms with Gasteiger partial charge in [-0.2, -0.15) is 0 Å². The number of ether oxygens (including phenoxy) is 1. The number of fused-ring (bicyclic) bond motifs is 1. The summed E-state index contributed by atoms with van der Waals surface area (Å²) in [5, 5.41) is 11.5. The summed E-state index contributed by atoms with van der Waals surface area (Å²) in [7, 11) is 0. The van der Waals surface area contributed by atoms with E-state index < -0.39 is 4.92 Å². The Morgan fingerprint density at radius 1 is 1.05 bits per heavy atom. The van der Waals surface area contributed by atoms with Crippen LogP contribution in [-0.4, -0.2) is 9.91 Å². The number of benzene rings is 2. The Labute approximate surface area is 121 Å². The van der Waals surface area contributed by atoms with Crippen LogP contribution >= 0.6 is 0 Å². The van der Waals surface area contributed by atoms with Crippen LogP contribution in [0.15, 0.2) is 60.8 Å². The van der Waals surface area contributed by atoms with Crippen molar-refractivity contribution in [1.29, 1.82) is 0 Å². The summed E-state index contributed by atoms with van der Waals surface area (Å²) in [5.41, 5.74) is 1.56. The largest absolute Gasteiger partial charge is 0.487 e. The molecular formula is C16H12N2O3. The van der Waals surface area contributed by atoms with Crippen molar-refractivity contribution in [2.45, 2.75) is 6.61 Å². The minimum atomic E-state index is -0.412. The Bertz CT molecular complexity index is 788. The van der Waals surface area contributed by atoms with Gasteiger partial charge in [0, 0.05) is 12.3 Å². The van der Waals surface area contributed by atoms with Gasteiger partial charge < -0.3 is 4.74 Å². The fourth-order valence-corrected chi connectivity index (χ4v) is 2.14. The van der Waals surface area contributed by atoms with Gasteiger partial charge in [0.25, 0.3) is 5.69 Å². The van der Waals surface area contributed by atoms with Gasteiger partial charge >= 0.3 is 0 Å². The molecule has 5 nitrogen and oxygen atoms in total. The summed E-state index contributed by atoms with van der Waals surface area (Å²) >= 11 is 0. The molecule has 0 unspecified atom stereocenters. The summed E-state index contributed by atoms with van der Waals surface area (Å²) in [4.78, 5) is 14.8. The highest BCUT2D eigenvalue weighted by Gasteiger charge is 2.15. The van der Waals surface area contributed by atoms with Crippen molar-refractivity contribution in [1.82, 2.24) is 4.98 Å². The van der Waals surface area contributed by atoms with Crippen LogP contribution in [0.4, 0.5) is 5.69 Å². The van der Waals surface area contributed by atoms with Gasteiger partial charge in [0.2, 0.25) is 0 Å². The molecule has 0 aliphatic heterocycles. The molecule has 1 aromatic heterocycles. The zero-order valence-corrected chi connectivity index (χ0v) is 11.1. The Morgan fingerprint density at radius 2 is 1.86 bits per heavy atom. The standard InChI is InChI=1S/C16H12N2O3/c19-18(20)14-8-9-15(16-13(14)7-4-10-17-16)21-11-12-5-2-1-3-6-12/h1-10H,11H2. The molecule has 0 saturated heterocycles. The molecule has 0 saturated carbocycles. The third kappa shape index (κ3) is 2.67. The second-order valence-electron chi connectivity index (χ2n) is 4.51. The average Bonchev–Trinajstić information content (AvgIpc) is 2.53. The molecule has 0 radical (unpaired) electrons. The molecule has 1 heterocycles. The van der Waals surface area contributed by atoms with E-state index >= 15 is 0 Å². The number of nitro groups is 1. The molecule has 0 aliphatic carbocycles. The summed E-state index contributed by atoms with van der Waals surface area (Å²) in [6.45, 7) is 0.393. The molecule has 0 amide bonds. The van der Waals surface area contributed by atoms with Gasteiger partial charge in [-0.25, -0.2) is 0 Å². The van der Waals surface area contributed by atoms with Gasteiger partial charge in [0.1, 0.15) is 17.9 Å². The Kier molecular flexibility index (Phi) is 3.47. The minimum absolute atomic E-state index is 0.0326. The topological polar surface area (TPSA) is 65.3 Å². The fraction of sp³-hybridized carbons (Fsp3) is 0.0625. The van der Waals surface area contributed by atoms with Crippen molar-refractivity contribution in [3.05, 3.63) is 76.5 Å². The SMILES string of the molecule is O=[N+]([O-])c1ccc(OCc2ccccc2)c2ncccc12. The Balaban J connectivity index is 1.96. The summed E-state index contributed by atoms with van der Waals surface area (Å²) in [5.74, 6) is 0.542. The summed E-state index contributed by atoms with van der Waals surface area (Å²) in [6.07, 6.45) is 1.60. The van der Waals surface area contributed by atoms with Gasteiger partial charge in [-0.1, -0.05) is 30.3 Å². The molecule has 21 heavy (non-hydrogen) atoms. The van der Waals surface area contributed by atoms with E-state index in [1.165, 1.54) is 6.07 Å². The monoisotopic (exact) mass is 280 g/mol. The zero-order valence-electron chi connectivity index (χ0n) is 11.1. The number of nitrogens with zero attached hydrogens (tertiary/aromatic N) is 2. The van der Waals surface area contributed by atoms with Crippen LogP contribution in [0.2, 0.25) is 0 Å². The Morgan fingerprint density at radius 3 is 2.62 bits per heavy atom. The van der Waals surface area contributed by atoms with E-state index in [1.54, 1.807) is 24.4 Å². The van der Waals surface area contributed by atoms with Crippen molar-refractivity contribution in [3.63, 3.8) is 0 Å². The first-order valence-electron chi connectivity index (χ1n) is 6.44. The number of hydrogen-bond donors (Lipinski definition) is 0. The quantitative estimate of drug-likeness (QED) is 0.539. The number of pyridine rings is 1. The third-order valence-corrected chi connectivity index (χ3v) is 3.14. The maximum Gasteiger partial charge on any atom is 0.279 e. The van der Waals surface area contributed by atoms with Crippen LogP contribution in [0.3, 0.4) is 0 Å². The number of rotatable bonds is 4. The molecule has 0 atom stereocenters. The fourth-order valence-electron chi connectivity index (χ4n) is 2.14. The third-order valence-electron chi connectivity index (χ3n) is 3.14. The number of nitro benzene ring substituents is 1. The predicted molar refractivity (Wildman–Crippen MR) is 79.2 cm³/mol. The summed E-state index contributed by atoms with van der Waals surface area (Å²) in [6, 6.07) is 16.1. The van der Waals surface area contributed by atoms with Gasteiger partial charge in [-0.15, -0.1) is 0 Å². The molecule has 2 aromatic carbocycles. The minimum Gasteiger partial charge on any atom is -0.487 e. The van der Waals surface area contributed by atoms with E-state index in [-0.39, 0.29) is 5.69 Å². The first-order valence-corrected chi connectivity index (χ1v) is 6.44. The van der Waals surface area contributed by atoms with Crippen molar-refractivity contribution >= 4 is 16.6 Å². The van der Waals surface area contributed by atoms with Crippen LogP contribution in [0.1, 0.15) is 5.56 Å². The number of aromatic nitrogens is 1. The highest BCUT2D eigenvalue weighted by Crippen LogP contribution is 2.31. The summed E-state index contributed by atoms with van der Waals surface area (Å²) < 4.78 is 5.75. The van der Waals surface area contributed by atoms with E-state index in [1.807, 2.05) is 30.3 Å². The average molecular weight is 280 g/mol. The highest BCUT2D eigenvalue weighted by molar-refractivity contribution is 5.92. The first-order chi connectivity index (χ1) is 10.3. The second kappa shape index (κ2) is 5.58. The van der Waals surface area contributed by atoms with Crippen molar-refractivity contribution in [3.8, 4) is 5.75 Å². The molecule has 0 aliphatic rings. The van der Waals surface area contributed by atoms with Crippen LogP contribution in [0.5, 0.6) is 5.75 Å². The molecule has 0 N–H and O–H groups in total. The van der Waals surface area contributed by atoms with E-state index in [2.05, 4.69) is 4.98 Å². The zero-order chi connectivity index (χ0) is 14.7. The maximum atomic E-state index is 11.0. The molecule has 104 valence electrons. The van der Waals surface area contributed by atoms with Crippen molar-refractivity contribution in [2.24, 2.45) is 0 Å². The van der Waals surface area contributed by atoms with Crippen molar-refractivity contribution in [2.75, 3.05) is 0 Å². The van der Waals surface area contributed by atoms with E-state index in [0.717, 1.165) is 5.56 Å². The lowest BCUT2D eigenvalue weighted by Crippen LogP contribution is -1.98. The smallest absolute Gasteiger partial charge is 0.279 e. The lowest BCUT2D eigenvalue weighted by atomic mass is 10.1. The maximum absolute atomic E-state index is 11.0. The van der Waals surface area contributed by atoms with Crippen molar-refractivity contribution < 1.29 is 9.66 Å². The van der Waals surface area contributed by atoms with E-state index in [0.29, 0.717) is 23.3 Å². The molecule has 3 rings (SSSR count). The predicted octanol–water partition coefficient (Wildman–Crippen LogP) is 3.72. The number of hydrogen-bond acceptors (Lipinski definition) is 4. The lowest BCUT2D eigenvalue weighted by molar-refractivity contribution is -0.383. The lowest BCUT2D eigenvalue weighted by Gasteiger charge is -2.09. The molecule has 0 bridgehead atoms. The van der Waals surface area contributed by atoms with Crippen LogP contribution in [0, 0.1) is 10.1 Å². The van der Waals surface area contributed by atoms with Gasteiger partial charge in [0.05, 0.1) is 10.3 Å². The normalized spacial score (nSPS) is 10.5. The molecule has 5 heteroatoms. The molecular weight excluding hydrogens is 268 g/mol. The highest BCUT2D eigenvalue weighted by atomic mass is 16.6. The molecule has 0 fully saturated rings. The molecule has 0 spiro atoms. The first kappa shape index (κ1) is 13.1. The number of non-ortho nitro benzene ring substituents is 1. The van der Waals surface area contributed by atoms with Crippen LogP contribution in [0.25, 0.3) is 10.9 Å². The second-order valence-corrected chi connectivity index (χ2v) is 4.51. The van der Waals surface area contributed by atoms with E-state index in [4.69, 9.17) is 4.74 Å². The van der Waals surface area contributed by atoms with Gasteiger partial charge in [-0.3, -0.25) is 15.1 Å². The van der Waals surface area contributed by atoms with Gasteiger partial charge in [0.15, 0.2) is 0 Å². The van der Waals surface area contributed by atoms with Gasteiger partial charge in [-0.05, 0) is 23.8 Å².